The Hall–Kier alpha value is -4.10. The maximum atomic E-state index is 12.8. The van der Waals surface area contributed by atoms with Gasteiger partial charge in [-0.05, 0) is 48.4 Å². The molecule has 0 atom stereocenters. The monoisotopic (exact) mass is 562 g/mol. The highest BCUT2D eigenvalue weighted by Crippen LogP contribution is 2.24. The summed E-state index contributed by atoms with van der Waals surface area (Å²) in [5.41, 5.74) is 2.63. The fourth-order valence-electron chi connectivity index (χ4n) is 4.03. The number of hydrogen-bond donors (Lipinski definition) is 1. The summed E-state index contributed by atoms with van der Waals surface area (Å²) in [5.74, 6) is -0.707. The van der Waals surface area contributed by atoms with Crippen LogP contribution in [0, 0.1) is 0 Å². The van der Waals surface area contributed by atoms with Gasteiger partial charge in [0.05, 0.1) is 46.4 Å². The molecule has 0 saturated carbocycles. The van der Waals surface area contributed by atoms with E-state index in [4.69, 9.17) is 4.74 Å². The van der Waals surface area contributed by atoms with Crippen LogP contribution >= 0.6 is 0 Å². The number of hydrogen-bond acceptors (Lipinski definition) is 8. The average molecular weight is 563 g/mol. The van der Waals surface area contributed by atoms with Crippen molar-refractivity contribution in [2.24, 2.45) is 0 Å². The highest BCUT2D eigenvalue weighted by Gasteiger charge is 2.22. The molecule has 4 aromatic rings. The second-order valence-electron chi connectivity index (χ2n) is 8.53. The highest BCUT2D eigenvalue weighted by atomic mass is 32.2. The molecule has 1 aromatic carbocycles. The largest absolute Gasteiger partial charge is 0.417 e. The van der Waals surface area contributed by atoms with Crippen molar-refractivity contribution >= 4 is 26.6 Å². The summed E-state index contributed by atoms with van der Waals surface area (Å²) in [4.78, 5) is 25.9. The quantitative estimate of drug-likeness (QED) is 0.369. The van der Waals surface area contributed by atoms with E-state index in [2.05, 4.69) is 25.0 Å². The van der Waals surface area contributed by atoms with Crippen molar-refractivity contribution in [1.29, 1.82) is 0 Å². The molecule has 0 fully saturated rings. The third kappa shape index (κ3) is 6.49. The van der Waals surface area contributed by atoms with Gasteiger partial charge in [-0.2, -0.15) is 8.78 Å². The molecule has 0 saturated heterocycles. The number of nitrogens with one attached hydrogen (secondary N) is 1. The topological polar surface area (TPSA) is 120 Å². The molecule has 9 nitrogen and oxygen atoms in total. The summed E-state index contributed by atoms with van der Waals surface area (Å²) >= 11 is 0. The van der Waals surface area contributed by atoms with Crippen molar-refractivity contribution in [3.63, 3.8) is 0 Å². The zero-order valence-corrected chi connectivity index (χ0v) is 21.2. The van der Waals surface area contributed by atoms with Crippen molar-refractivity contribution in [2.45, 2.75) is 31.1 Å². The van der Waals surface area contributed by atoms with E-state index in [1.807, 2.05) is 0 Å². The second kappa shape index (κ2) is 11.7. The van der Waals surface area contributed by atoms with Gasteiger partial charge in [-0.25, -0.2) is 18.4 Å². The molecule has 5 rings (SSSR count). The molecule has 39 heavy (non-hydrogen) atoms. The number of alkyl halides is 2. The Morgan fingerprint density at radius 3 is 2.74 bits per heavy atom. The van der Waals surface area contributed by atoms with Crippen LogP contribution in [-0.2, 0) is 27.7 Å². The first-order valence-electron chi connectivity index (χ1n) is 11.7. The minimum Gasteiger partial charge on any atom is -0.417 e. The lowest BCUT2D eigenvalue weighted by atomic mass is 10.1. The normalized spacial score (nSPS) is 14.5. The molecule has 0 unspecified atom stereocenters. The van der Waals surface area contributed by atoms with Crippen molar-refractivity contribution < 1.29 is 37.6 Å². The standard InChI is InChI=1S/C26H22F2N4O5S.FH.H2/c27-26(28)37-24-4-1-3-20(32-24)21-8-7-17-13-29-19(12-22(17)31-21)14-30-25(33)16-5-6-18-15-36-9-2-10-38(34,35)23(18)11-16;;/h1,3-8,11-13,26H,2,9-10,14-15H2,(H,30,33);2*1H. The molecular weight excluding hydrogens is 537 g/mol. The van der Waals surface area contributed by atoms with Crippen LogP contribution in [-0.4, -0.2) is 48.2 Å². The zero-order valence-electron chi connectivity index (χ0n) is 20.3. The van der Waals surface area contributed by atoms with Crippen LogP contribution < -0.4 is 10.1 Å². The molecule has 0 radical (unpaired) electrons. The van der Waals surface area contributed by atoms with Crippen molar-refractivity contribution in [3.8, 4) is 17.3 Å². The Labute approximate surface area is 223 Å². The number of sulfone groups is 1. The first-order valence-corrected chi connectivity index (χ1v) is 13.3. The smallest absolute Gasteiger partial charge is 0.388 e. The first kappa shape index (κ1) is 27.9. The van der Waals surface area contributed by atoms with Crippen molar-refractivity contribution in [3.05, 3.63) is 77.6 Å². The number of fused-ring (bicyclic) bond motifs is 2. The Morgan fingerprint density at radius 1 is 1.10 bits per heavy atom. The number of rotatable bonds is 6. The summed E-state index contributed by atoms with van der Waals surface area (Å²) in [7, 11) is -3.52. The molecule has 0 spiro atoms. The lowest BCUT2D eigenvalue weighted by Gasteiger charge is -2.16. The molecule has 0 bridgehead atoms. The van der Waals surface area contributed by atoms with Gasteiger partial charge in [0.1, 0.15) is 0 Å². The number of benzene rings is 1. The summed E-state index contributed by atoms with van der Waals surface area (Å²) in [6, 6.07) is 14.2. The van der Waals surface area contributed by atoms with Crippen LogP contribution in [0.3, 0.4) is 0 Å². The third-order valence-corrected chi connectivity index (χ3v) is 7.76. The first-order chi connectivity index (χ1) is 18.3. The predicted octanol–water partition coefficient (Wildman–Crippen LogP) is 4.32. The summed E-state index contributed by atoms with van der Waals surface area (Å²) in [6.07, 6.45) is 2.00. The number of pyridine rings is 3. The van der Waals surface area contributed by atoms with E-state index in [0.717, 1.165) is 5.39 Å². The molecule has 1 aliphatic heterocycles. The fourth-order valence-corrected chi connectivity index (χ4v) is 5.58. The number of nitrogens with zero attached hydrogens (tertiary/aromatic N) is 3. The number of carbonyl (C=O) groups excluding carboxylic acids is 1. The van der Waals surface area contributed by atoms with Crippen LogP contribution in [0.2, 0.25) is 0 Å². The fraction of sp³-hybridized carbons (Fsp3) is 0.231. The Kier molecular flexibility index (Phi) is 8.41. The minimum atomic E-state index is -3.52. The minimum absolute atomic E-state index is 0. The van der Waals surface area contributed by atoms with E-state index >= 15 is 0 Å². The Balaban J connectivity index is 0.00000220. The van der Waals surface area contributed by atoms with Crippen LogP contribution in [0.25, 0.3) is 22.3 Å². The maximum absolute atomic E-state index is 12.8. The molecule has 1 amide bonds. The average Bonchev–Trinajstić information content (AvgIpc) is 2.90. The molecule has 13 heteroatoms. The molecular formula is C26H25F3N4O5S. The number of aromatic nitrogens is 3. The van der Waals surface area contributed by atoms with E-state index in [1.54, 1.807) is 48.7 Å². The van der Waals surface area contributed by atoms with Gasteiger partial charge in [-0.3, -0.25) is 14.5 Å². The van der Waals surface area contributed by atoms with E-state index in [0.29, 0.717) is 41.2 Å². The van der Waals surface area contributed by atoms with Crippen LogP contribution in [0.1, 0.15) is 29.5 Å². The Morgan fingerprint density at radius 2 is 1.92 bits per heavy atom. The van der Waals surface area contributed by atoms with Gasteiger partial charge in [-0.15, -0.1) is 0 Å². The molecule has 4 heterocycles. The molecule has 3 aromatic heterocycles. The molecule has 0 aliphatic carbocycles. The Bertz CT molecular complexity index is 1630. The second-order valence-corrected chi connectivity index (χ2v) is 10.6. The maximum Gasteiger partial charge on any atom is 0.388 e. The van der Waals surface area contributed by atoms with E-state index < -0.39 is 22.4 Å². The molecule has 1 aliphatic rings. The van der Waals surface area contributed by atoms with E-state index in [1.165, 1.54) is 12.1 Å². The number of ether oxygens (including phenoxy) is 2. The molecule has 206 valence electrons. The number of amides is 1. The summed E-state index contributed by atoms with van der Waals surface area (Å²) in [5, 5.41) is 3.49. The SMILES string of the molecule is F.O=C(NCc1cc2nc(-c3cccc(OC(F)F)n3)ccc2cn1)c1ccc2c(c1)S(=O)(=O)CCCOC2.[HH]. The van der Waals surface area contributed by atoms with Crippen LogP contribution in [0.4, 0.5) is 13.5 Å². The predicted molar refractivity (Wildman–Crippen MR) is 138 cm³/mol. The van der Waals surface area contributed by atoms with Crippen LogP contribution in [0.15, 0.2) is 65.7 Å². The van der Waals surface area contributed by atoms with Crippen LogP contribution in [0.5, 0.6) is 5.88 Å². The van der Waals surface area contributed by atoms with Crippen molar-refractivity contribution in [2.75, 3.05) is 12.4 Å². The highest BCUT2D eigenvalue weighted by molar-refractivity contribution is 7.91. The van der Waals surface area contributed by atoms with Gasteiger partial charge >= 0.3 is 6.61 Å². The summed E-state index contributed by atoms with van der Waals surface area (Å²) < 4.78 is 60.3. The van der Waals surface area contributed by atoms with Crippen molar-refractivity contribution in [1.82, 2.24) is 20.3 Å². The van der Waals surface area contributed by atoms with Gasteiger partial charge in [0.15, 0.2) is 9.84 Å². The lowest BCUT2D eigenvalue weighted by Crippen LogP contribution is -2.24. The van der Waals surface area contributed by atoms with E-state index in [-0.39, 0.29) is 41.4 Å². The van der Waals surface area contributed by atoms with Gasteiger partial charge in [0.25, 0.3) is 5.91 Å². The van der Waals surface area contributed by atoms with Gasteiger partial charge in [0.2, 0.25) is 5.88 Å². The third-order valence-electron chi connectivity index (χ3n) is 5.88. The van der Waals surface area contributed by atoms with Gasteiger partial charge in [-0.1, -0.05) is 12.1 Å². The number of carbonyl (C=O) groups is 1. The van der Waals surface area contributed by atoms with E-state index in [9.17, 15) is 22.0 Å². The zero-order chi connectivity index (χ0) is 26.7. The van der Waals surface area contributed by atoms with Gasteiger partial charge < -0.3 is 14.8 Å². The molecule has 1 N–H and O–H groups in total. The lowest BCUT2D eigenvalue weighted by molar-refractivity contribution is -0.0527. The summed E-state index contributed by atoms with van der Waals surface area (Å²) in [6.45, 7) is -2.37. The number of halogens is 3. The van der Waals surface area contributed by atoms with Gasteiger partial charge in [0, 0.05) is 31.2 Å².